The van der Waals surface area contributed by atoms with Gasteiger partial charge in [0.05, 0.1) is 12.7 Å². The van der Waals surface area contributed by atoms with E-state index in [-0.39, 0.29) is 11.8 Å². The number of hydrogen-bond donors (Lipinski definition) is 1. The van der Waals surface area contributed by atoms with Crippen molar-refractivity contribution in [3.63, 3.8) is 0 Å². The van der Waals surface area contributed by atoms with Gasteiger partial charge in [-0.25, -0.2) is 4.79 Å². The molecule has 1 aromatic rings. The summed E-state index contributed by atoms with van der Waals surface area (Å²) < 4.78 is 4.63. The molecule has 0 heterocycles. The Bertz CT molecular complexity index is 418. The van der Waals surface area contributed by atoms with Gasteiger partial charge in [-0.1, -0.05) is 6.07 Å². The van der Waals surface area contributed by atoms with Crippen molar-refractivity contribution in [3.05, 3.63) is 29.3 Å². The second-order valence-corrected chi connectivity index (χ2v) is 3.42. The number of carbonyl (C=O) groups is 2. The van der Waals surface area contributed by atoms with E-state index >= 15 is 0 Å². The van der Waals surface area contributed by atoms with Crippen LogP contribution < -0.4 is 5.32 Å². The van der Waals surface area contributed by atoms with Crippen LogP contribution in [-0.4, -0.2) is 24.9 Å². The normalized spacial score (nSPS) is 9.69. The quantitative estimate of drug-likeness (QED) is 0.650. The van der Waals surface area contributed by atoms with E-state index in [1.807, 2.05) is 0 Å². The molecule has 1 amide bonds. The Morgan fingerprint density at radius 2 is 2.12 bits per heavy atom. The van der Waals surface area contributed by atoms with Gasteiger partial charge < -0.3 is 10.1 Å². The molecule has 0 bridgehead atoms. The number of amides is 1. The highest BCUT2D eigenvalue weighted by Crippen LogP contribution is 2.19. The Morgan fingerprint density at radius 3 is 2.69 bits per heavy atom. The van der Waals surface area contributed by atoms with E-state index < -0.39 is 5.97 Å². The minimum absolute atomic E-state index is 0.123. The Morgan fingerprint density at radius 1 is 1.44 bits per heavy atom. The molecule has 5 heteroatoms. The Labute approximate surface area is 98.5 Å². The van der Waals surface area contributed by atoms with E-state index in [0.717, 1.165) is 0 Å². The first-order chi connectivity index (χ1) is 7.60. The van der Waals surface area contributed by atoms with Crippen molar-refractivity contribution in [2.75, 3.05) is 18.3 Å². The minimum Gasteiger partial charge on any atom is -0.465 e. The number of halogens is 1. The molecule has 0 aliphatic carbocycles. The maximum absolute atomic E-state index is 11.4. The molecule has 1 aromatic carbocycles. The van der Waals surface area contributed by atoms with Gasteiger partial charge in [0.1, 0.15) is 5.88 Å². The molecular formula is C11H12ClNO3. The number of ether oxygens (including phenoxy) is 1. The van der Waals surface area contributed by atoms with E-state index in [1.54, 1.807) is 25.1 Å². The lowest BCUT2D eigenvalue weighted by Crippen LogP contribution is -2.15. The summed E-state index contributed by atoms with van der Waals surface area (Å²) in [5.74, 6) is -0.867. The summed E-state index contributed by atoms with van der Waals surface area (Å²) in [6, 6.07) is 5.01. The number of hydrogen-bond acceptors (Lipinski definition) is 3. The van der Waals surface area contributed by atoms with Crippen LogP contribution in [0.25, 0.3) is 0 Å². The number of nitrogens with one attached hydrogen (secondary N) is 1. The van der Waals surface area contributed by atoms with Gasteiger partial charge in [-0.2, -0.15) is 0 Å². The second-order valence-electron chi connectivity index (χ2n) is 3.15. The van der Waals surface area contributed by atoms with Gasteiger partial charge in [0.2, 0.25) is 5.91 Å². The number of rotatable bonds is 3. The molecule has 0 radical (unpaired) electrons. The van der Waals surface area contributed by atoms with Crippen LogP contribution in [-0.2, 0) is 9.53 Å². The molecule has 0 spiro atoms. The van der Waals surface area contributed by atoms with Crippen LogP contribution in [0.15, 0.2) is 18.2 Å². The van der Waals surface area contributed by atoms with Gasteiger partial charge in [0.15, 0.2) is 0 Å². The third-order valence-corrected chi connectivity index (χ3v) is 2.38. The standard InChI is InChI=1S/C11H12ClNO3/c1-7-8(11(15)16-2)4-3-5-9(7)13-10(14)6-12/h3-5H,6H2,1-2H3,(H,13,14). The largest absolute Gasteiger partial charge is 0.465 e. The molecule has 0 atom stereocenters. The lowest BCUT2D eigenvalue weighted by atomic mass is 10.1. The smallest absolute Gasteiger partial charge is 0.338 e. The Hall–Kier alpha value is -1.55. The molecular weight excluding hydrogens is 230 g/mol. The highest BCUT2D eigenvalue weighted by molar-refractivity contribution is 6.29. The molecule has 0 aliphatic heterocycles. The lowest BCUT2D eigenvalue weighted by molar-refractivity contribution is -0.113. The number of carbonyl (C=O) groups excluding carboxylic acids is 2. The third-order valence-electron chi connectivity index (χ3n) is 2.13. The van der Waals surface area contributed by atoms with Crippen LogP contribution >= 0.6 is 11.6 Å². The van der Waals surface area contributed by atoms with Crippen molar-refractivity contribution in [2.24, 2.45) is 0 Å². The van der Waals surface area contributed by atoms with Crippen molar-refractivity contribution in [1.29, 1.82) is 0 Å². The van der Waals surface area contributed by atoms with E-state index in [2.05, 4.69) is 10.1 Å². The van der Waals surface area contributed by atoms with Gasteiger partial charge in [0, 0.05) is 5.69 Å². The van der Waals surface area contributed by atoms with E-state index in [0.29, 0.717) is 16.8 Å². The van der Waals surface area contributed by atoms with Gasteiger partial charge in [-0.05, 0) is 24.6 Å². The van der Waals surface area contributed by atoms with E-state index in [9.17, 15) is 9.59 Å². The first-order valence-electron chi connectivity index (χ1n) is 4.64. The molecule has 0 unspecified atom stereocenters. The summed E-state index contributed by atoms with van der Waals surface area (Å²) in [7, 11) is 1.31. The van der Waals surface area contributed by atoms with Gasteiger partial charge in [-0.15, -0.1) is 11.6 Å². The predicted molar refractivity (Wildman–Crippen MR) is 61.9 cm³/mol. The summed E-state index contributed by atoms with van der Waals surface area (Å²) in [5, 5.41) is 2.60. The molecule has 86 valence electrons. The number of anilines is 1. The molecule has 1 N–H and O–H groups in total. The molecule has 0 saturated heterocycles. The summed E-state index contributed by atoms with van der Waals surface area (Å²) in [5.41, 5.74) is 1.65. The van der Waals surface area contributed by atoms with Crippen LogP contribution in [0.4, 0.5) is 5.69 Å². The van der Waals surface area contributed by atoms with Crippen LogP contribution in [0.3, 0.4) is 0 Å². The fourth-order valence-corrected chi connectivity index (χ4v) is 1.35. The van der Waals surface area contributed by atoms with Crippen LogP contribution in [0.2, 0.25) is 0 Å². The fraction of sp³-hybridized carbons (Fsp3) is 0.273. The SMILES string of the molecule is COC(=O)c1cccc(NC(=O)CCl)c1C. The predicted octanol–water partition coefficient (Wildman–Crippen LogP) is 1.96. The summed E-state index contributed by atoms with van der Waals surface area (Å²) in [6.45, 7) is 1.73. The maximum atomic E-state index is 11.4. The van der Waals surface area contributed by atoms with Crippen molar-refractivity contribution in [2.45, 2.75) is 6.92 Å². The van der Waals surface area contributed by atoms with Crippen LogP contribution in [0.1, 0.15) is 15.9 Å². The molecule has 4 nitrogen and oxygen atoms in total. The Kier molecular flexibility index (Phi) is 4.31. The summed E-state index contributed by atoms with van der Waals surface area (Å²) in [4.78, 5) is 22.5. The average molecular weight is 242 g/mol. The van der Waals surface area contributed by atoms with Crippen LogP contribution in [0.5, 0.6) is 0 Å². The summed E-state index contributed by atoms with van der Waals surface area (Å²) in [6.07, 6.45) is 0. The zero-order valence-corrected chi connectivity index (χ0v) is 9.80. The van der Waals surface area contributed by atoms with Crippen molar-refractivity contribution in [1.82, 2.24) is 0 Å². The van der Waals surface area contributed by atoms with Crippen molar-refractivity contribution < 1.29 is 14.3 Å². The average Bonchev–Trinajstić information content (AvgIpc) is 2.30. The minimum atomic E-state index is -0.431. The zero-order chi connectivity index (χ0) is 12.1. The van der Waals surface area contributed by atoms with E-state index in [4.69, 9.17) is 11.6 Å². The molecule has 0 saturated carbocycles. The van der Waals surface area contributed by atoms with Gasteiger partial charge in [0.25, 0.3) is 0 Å². The molecule has 1 rings (SSSR count). The fourth-order valence-electron chi connectivity index (χ4n) is 1.29. The van der Waals surface area contributed by atoms with E-state index in [1.165, 1.54) is 7.11 Å². The lowest BCUT2D eigenvalue weighted by Gasteiger charge is -2.10. The zero-order valence-electron chi connectivity index (χ0n) is 9.04. The summed E-state index contributed by atoms with van der Waals surface area (Å²) >= 11 is 5.38. The van der Waals surface area contributed by atoms with Crippen LogP contribution in [0, 0.1) is 6.92 Å². The van der Waals surface area contributed by atoms with Crippen molar-refractivity contribution >= 4 is 29.2 Å². The second kappa shape index (κ2) is 5.51. The van der Waals surface area contributed by atoms with Gasteiger partial charge >= 0.3 is 5.97 Å². The first-order valence-corrected chi connectivity index (χ1v) is 5.17. The highest BCUT2D eigenvalue weighted by atomic mass is 35.5. The molecule has 0 aromatic heterocycles. The first kappa shape index (κ1) is 12.5. The van der Waals surface area contributed by atoms with Crippen molar-refractivity contribution in [3.8, 4) is 0 Å². The number of methoxy groups -OCH3 is 1. The maximum Gasteiger partial charge on any atom is 0.338 e. The third kappa shape index (κ3) is 2.73. The molecule has 0 aliphatic rings. The van der Waals surface area contributed by atoms with Gasteiger partial charge in [-0.3, -0.25) is 4.79 Å². The number of benzene rings is 1. The highest BCUT2D eigenvalue weighted by Gasteiger charge is 2.12. The number of alkyl halides is 1. The topological polar surface area (TPSA) is 55.4 Å². The monoisotopic (exact) mass is 241 g/mol. The molecule has 16 heavy (non-hydrogen) atoms. The molecule has 0 fully saturated rings. The number of esters is 1. The Balaban J connectivity index is 3.04.